The van der Waals surface area contributed by atoms with Crippen LogP contribution in [0.25, 0.3) is 0 Å². The van der Waals surface area contributed by atoms with Crippen LogP contribution in [0.5, 0.6) is 0 Å². The second kappa shape index (κ2) is 8.16. The number of aryl methyl sites for hydroxylation is 2. The largest absolute Gasteiger partial charge is 0.326 e. The lowest BCUT2D eigenvalue weighted by atomic mass is 10.1. The zero-order chi connectivity index (χ0) is 18.4. The van der Waals surface area contributed by atoms with Crippen LogP contribution in [-0.4, -0.2) is 27.1 Å². The molecule has 0 aromatic heterocycles. The van der Waals surface area contributed by atoms with Gasteiger partial charge in [-0.3, -0.25) is 9.10 Å². The fraction of sp³-hybridized carbons (Fsp3) is 0.316. The number of nitrogens with zero attached hydrogens (tertiary/aromatic N) is 1. The van der Waals surface area contributed by atoms with Gasteiger partial charge in [0.25, 0.3) is 0 Å². The van der Waals surface area contributed by atoms with Gasteiger partial charge in [0.1, 0.15) is 0 Å². The fourth-order valence-corrected chi connectivity index (χ4v) is 3.54. The standard InChI is InChI=1S/C19H24N2O3S/c1-4-16-7-5-6-8-18(16)21(25(3,23)24)14-13-19(22)20-17-11-9-15(2)10-12-17/h5-12H,4,13-14H2,1-3H3,(H,20,22). The van der Waals surface area contributed by atoms with Gasteiger partial charge < -0.3 is 5.32 Å². The summed E-state index contributed by atoms with van der Waals surface area (Å²) >= 11 is 0. The van der Waals surface area contributed by atoms with E-state index < -0.39 is 10.0 Å². The molecular formula is C19H24N2O3S. The number of nitrogens with one attached hydrogen (secondary N) is 1. The molecule has 0 aliphatic heterocycles. The SMILES string of the molecule is CCc1ccccc1N(CCC(=O)Nc1ccc(C)cc1)S(C)(=O)=O. The predicted molar refractivity (Wildman–Crippen MR) is 102 cm³/mol. The molecule has 0 saturated carbocycles. The number of sulfonamides is 1. The summed E-state index contributed by atoms with van der Waals surface area (Å²) in [4.78, 5) is 12.2. The fourth-order valence-electron chi connectivity index (χ4n) is 2.58. The molecule has 134 valence electrons. The van der Waals surface area contributed by atoms with E-state index in [1.807, 2.05) is 50.2 Å². The average Bonchev–Trinajstić information content (AvgIpc) is 2.56. The highest BCUT2D eigenvalue weighted by Gasteiger charge is 2.20. The minimum Gasteiger partial charge on any atom is -0.326 e. The quantitative estimate of drug-likeness (QED) is 0.823. The Hall–Kier alpha value is -2.34. The Morgan fingerprint density at radius 3 is 2.32 bits per heavy atom. The summed E-state index contributed by atoms with van der Waals surface area (Å²) in [5.41, 5.74) is 3.38. The van der Waals surface area contributed by atoms with Crippen molar-refractivity contribution in [2.45, 2.75) is 26.7 Å². The van der Waals surface area contributed by atoms with Gasteiger partial charge in [0.15, 0.2) is 0 Å². The van der Waals surface area contributed by atoms with E-state index >= 15 is 0 Å². The van der Waals surface area contributed by atoms with Gasteiger partial charge in [-0.2, -0.15) is 0 Å². The van der Waals surface area contributed by atoms with Gasteiger partial charge in [0.2, 0.25) is 15.9 Å². The highest BCUT2D eigenvalue weighted by Crippen LogP contribution is 2.23. The van der Waals surface area contributed by atoms with Gasteiger partial charge >= 0.3 is 0 Å². The molecule has 0 heterocycles. The van der Waals surface area contributed by atoms with Crippen LogP contribution in [0.4, 0.5) is 11.4 Å². The van der Waals surface area contributed by atoms with Gasteiger partial charge in [-0.05, 0) is 37.1 Å². The summed E-state index contributed by atoms with van der Waals surface area (Å²) in [6, 6.07) is 14.8. The molecule has 25 heavy (non-hydrogen) atoms. The predicted octanol–water partition coefficient (Wildman–Crippen LogP) is 3.35. The topological polar surface area (TPSA) is 66.5 Å². The van der Waals surface area contributed by atoms with Crippen molar-refractivity contribution in [1.82, 2.24) is 0 Å². The second-order valence-corrected chi connectivity index (χ2v) is 7.89. The van der Waals surface area contributed by atoms with Crippen molar-refractivity contribution >= 4 is 27.3 Å². The number of hydrogen-bond acceptors (Lipinski definition) is 3. The van der Waals surface area contributed by atoms with Crippen molar-refractivity contribution in [1.29, 1.82) is 0 Å². The number of rotatable bonds is 7. The molecule has 1 N–H and O–H groups in total. The summed E-state index contributed by atoms with van der Waals surface area (Å²) in [6.45, 7) is 4.05. The highest BCUT2D eigenvalue weighted by atomic mass is 32.2. The van der Waals surface area contributed by atoms with Crippen LogP contribution in [0, 0.1) is 6.92 Å². The zero-order valence-electron chi connectivity index (χ0n) is 14.8. The van der Waals surface area contributed by atoms with E-state index in [2.05, 4.69) is 5.32 Å². The average molecular weight is 360 g/mol. The van der Waals surface area contributed by atoms with Gasteiger partial charge in [0, 0.05) is 18.7 Å². The molecular weight excluding hydrogens is 336 g/mol. The molecule has 0 bridgehead atoms. The first-order valence-corrected chi connectivity index (χ1v) is 10.1. The number of amides is 1. The van der Waals surface area contributed by atoms with Crippen LogP contribution in [0.1, 0.15) is 24.5 Å². The van der Waals surface area contributed by atoms with Gasteiger partial charge in [0.05, 0.1) is 11.9 Å². The van der Waals surface area contributed by atoms with Crippen molar-refractivity contribution < 1.29 is 13.2 Å². The van der Waals surface area contributed by atoms with Crippen LogP contribution >= 0.6 is 0 Å². The van der Waals surface area contributed by atoms with E-state index in [0.717, 1.165) is 23.8 Å². The van der Waals surface area contributed by atoms with E-state index in [1.165, 1.54) is 4.31 Å². The molecule has 0 saturated heterocycles. The maximum atomic E-state index is 12.2. The number of carbonyl (C=O) groups is 1. The molecule has 0 fully saturated rings. The lowest BCUT2D eigenvalue weighted by Crippen LogP contribution is -2.33. The Morgan fingerprint density at radius 2 is 1.72 bits per heavy atom. The van der Waals surface area contributed by atoms with Crippen LogP contribution < -0.4 is 9.62 Å². The van der Waals surface area contributed by atoms with Crippen molar-refractivity contribution in [2.24, 2.45) is 0 Å². The molecule has 2 rings (SSSR count). The molecule has 0 aliphatic rings. The third kappa shape index (κ3) is 5.32. The summed E-state index contributed by atoms with van der Waals surface area (Å²) in [6.07, 6.45) is 1.97. The normalized spacial score (nSPS) is 11.2. The molecule has 0 spiro atoms. The van der Waals surface area contributed by atoms with Crippen molar-refractivity contribution in [3.05, 3.63) is 59.7 Å². The van der Waals surface area contributed by atoms with E-state index in [0.29, 0.717) is 11.4 Å². The summed E-state index contributed by atoms with van der Waals surface area (Å²) in [5.74, 6) is -0.216. The number of carbonyl (C=O) groups excluding carboxylic acids is 1. The molecule has 0 radical (unpaired) electrons. The van der Waals surface area contributed by atoms with Crippen molar-refractivity contribution in [2.75, 3.05) is 22.4 Å². The highest BCUT2D eigenvalue weighted by molar-refractivity contribution is 7.92. The Bertz CT molecular complexity index is 830. The third-order valence-electron chi connectivity index (χ3n) is 3.92. The molecule has 1 amide bonds. The summed E-state index contributed by atoms with van der Waals surface area (Å²) in [7, 11) is -3.47. The van der Waals surface area contributed by atoms with Gasteiger partial charge in [-0.1, -0.05) is 42.8 Å². The Labute approximate surface area is 149 Å². The number of anilines is 2. The van der Waals surface area contributed by atoms with Crippen LogP contribution in [0.15, 0.2) is 48.5 Å². The van der Waals surface area contributed by atoms with Crippen LogP contribution in [-0.2, 0) is 21.2 Å². The molecule has 0 unspecified atom stereocenters. The number of para-hydroxylation sites is 1. The minimum atomic E-state index is -3.47. The number of hydrogen-bond donors (Lipinski definition) is 1. The number of benzene rings is 2. The minimum absolute atomic E-state index is 0.0823. The molecule has 5 nitrogen and oxygen atoms in total. The molecule has 6 heteroatoms. The first kappa shape index (κ1) is 19.0. The smallest absolute Gasteiger partial charge is 0.232 e. The van der Waals surface area contributed by atoms with E-state index in [9.17, 15) is 13.2 Å². The van der Waals surface area contributed by atoms with Crippen molar-refractivity contribution in [3.63, 3.8) is 0 Å². The van der Waals surface area contributed by atoms with Crippen LogP contribution in [0.2, 0.25) is 0 Å². The summed E-state index contributed by atoms with van der Waals surface area (Å²) in [5, 5.41) is 2.80. The van der Waals surface area contributed by atoms with Gasteiger partial charge in [-0.25, -0.2) is 8.42 Å². The first-order valence-electron chi connectivity index (χ1n) is 8.23. The first-order chi connectivity index (χ1) is 11.8. The lowest BCUT2D eigenvalue weighted by Gasteiger charge is -2.24. The van der Waals surface area contributed by atoms with Crippen molar-refractivity contribution in [3.8, 4) is 0 Å². The molecule has 2 aromatic rings. The monoisotopic (exact) mass is 360 g/mol. The van der Waals surface area contributed by atoms with Gasteiger partial charge in [-0.15, -0.1) is 0 Å². The second-order valence-electron chi connectivity index (χ2n) is 5.98. The zero-order valence-corrected chi connectivity index (χ0v) is 15.6. The molecule has 2 aromatic carbocycles. The summed E-state index contributed by atoms with van der Waals surface area (Å²) < 4.78 is 25.7. The van der Waals surface area contributed by atoms with E-state index in [1.54, 1.807) is 12.1 Å². The maximum Gasteiger partial charge on any atom is 0.232 e. The van der Waals surface area contributed by atoms with E-state index in [4.69, 9.17) is 0 Å². The Morgan fingerprint density at radius 1 is 1.08 bits per heavy atom. The van der Waals surface area contributed by atoms with E-state index in [-0.39, 0.29) is 18.9 Å². The molecule has 0 aliphatic carbocycles. The third-order valence-corrected chi connectivity index (χ3v) is 5.10. The Balaban J connectivity index is 2.10. The molecule has 0 atom stereocenters. The van der Waals surface area contributed by atoms with Crippen LogP contribution in [0.3, 0.4) is 0 Å². The maximum absolute atomic E-state index is 12.2. The Kier molecular flexibility index (Phi) is 6.20. The lowest BCUT2D eigenvalue weighted by molar-refractivity contribution is -0.116.